The maximum Gasteiger partial charge on any atom is 0.360 e. The van der Waals surface area contributed by atoms with Crippen molar-refractivity contribution in [2.45, 2.75) is 13.8 Å². The minimum atomic E-state index is -1.01. The molecule has 1 aromatic heterocycles. The molecule has 0 aliphatic carbocycles. The molecule has 0 aliphatic rings. The van der Waals surface area contributed by atoms with Crippen LogP contribution in [0.2, 0.25) is 0 Å². The van der Waals surface area contributed by atoms with Gasteiger partial charge in [-0.2, -0.15) is 0 Å². The normalized spacial score (nSPS) is 11.0. The van der Waals surface area contributed by atoms with Crippen molar-refractivity contribution in [3.05, 3.63) is 59.8 Å². The number of rotatable bonds is 5. The van der Waals surface area contributed by atoms with Crippen LogP contribution in [0, 0.1) is 17.6 Å². The highest BCUT2D eigenvalue weighted by Gasteiger charge is 2.19. The molecule has 0 saturated carbocycles. The number of aromatic nitrogens is 2. The van der Waals surface area contributed by atoms with Crippen molar-refractivity contribution in [1.29, 1.82) is 0 Å². The molecule has 2 aromatic carbocycles. The molecule has 0 amide bonds. The Bertz CT molecular complexity index is 961. The number of esters is 1. The van der Waals surface area contributed by atoms with Crippen LogP contribution in [-0.2, 0) is 4.74 Å². The number of hydrogen-bond acceptors (Lipinski definition) is 5. The molecular formula is C19H17F2N3O2. The fraction of sp³-hybridized carbons (Fsp3) is 0.211. The Morgan fingerprint density at radius 2 is 1.77 bits per heavy atom. The molecule has 0 bridgehead atoms. The third-order valence-electron chi connectivity index (χ3n) is 3.49. The number of benzene rings is 2. The molecule has 0 spiro atoms. The molecule has 7 heteroatoms. The molecule has 0 unspecified atom stereocenters. The van der Waals surface area contributed by atoms with Crippen LogP contribution in [0.4, 0.5) is 20.3 Å². The molecule has 134 valence electrons. The van der Waals surface area contributed by atoms with Gasteiger partial charge in [0.2, 0.25) is 0 Å². The lowest BCUT2D eigenvalue weighted by Gasteiger charge is -2.12. The van der Waals surface area contributed by atoms with Gasteiger partial charge in [0.15, 0.2) is 23.1 Å². The second-order valence-corrected chi connectivity index (χ2v) is 6.16. The van der Waals surface area contributed by atoms with Gasteiger partial charge in [0.1, 0.15) is 0 Å². The number of carbonyl (C=O) groups excluding carboxylic acids is 1. The predicted octanol–water partition coefficient (Wildman–Crippen LogP) is 4.46. The molecule has 0 radical (unpaired) electrons. The monoisotopic (exact) mass is 357 g/mol. The Morgan fingerprint density at radius 1 is 1.08 bits per heavy atom. The van der Waals surface area contributed by atoms with E-state index in [1.54, 1.807) is 24.3 Å². The number of ether oxygens (including phenoxy) is 1. The highest BCUT2D eigenvalue weighted by Crippen LogP contribution is 2.23. The molecule has 0 saturated heterocycles. The van der Waals surface area contributed by atoms with Crippen molar-refractivity contribution in [2.24, 2.45) is 5.92 Å². The second-order valence-electron chi connectivity index (χ2n) is 6.16. The fourth-order valence-corrected chi connectivity index (χ4v) is 2.25. The summed E-state index contributed by atoms with van der Waals surface area (Å²) in [6, 6.07) is 10.3. The third kappa shape index (κ3) is 3.93. The zero-order valence-corrected chi connectivity index (χ0v) is 14.3. The van der Waals surface area contributed by atoms with E-state index in [0.717, 1.165) is 12.1 Å². The largest absolute Gasteiger partial charge is 0.461 e. The first kappa shape index (κ1) is 17.7. The minimum Gasteiger partial charge on any atom is -0.461 e. The van der Waals surface area contributed by atoms with E-state index in [4.69, 9.17) is 4.74 Å². The second kappa shape index (κ2) is 7.43. The average molecular weight is 357 g/mol. The summed E-state index contributed by atoms with van der Waals surface area (Å²) >= 11 is 0. The standard InChI is InChI=1S/C19H17F2N3O2/c1-11(2)10-26-19(25)17-18(22-12-7-8-13(20)14(21)9-12)24-16-6-4-3-5-15(16)23-17/h3-9,11H,10H2,1-2H3,(H,22,24). The van der Waals surface area contributed by atoms with E-state index in [1.165, 1.54) is 6.07 Å². The van der Waals surface area contributed by atoms with Crippen molar-refractivity contribution in [2.75, 3.05) is 11.9 Å². The number of para-hydroxylation sites is 2. The lowest BCUT2D eigenvalue weighted by atomic mass is 10.2. The van der Waals surface area contributed by atoms with E-state index in [0.29, 0.717) is 11.0 Å². The van der Waals surface area contributed by atoms with Crippen LogP contribution in [-0.4, -0.2) is 22.5 Å². The van der Waals surface area contributed by atoms with E-state index in [9.17, 15) is 13.6 Å². The van der Waals surface area contributed by atoms with E-state index in [1.807, 2.05) is 13.8 Å². The SMILES string of the molecule is CC(C)COC(=O)c1nc2ccccc2nc1Nc1ccc(F)c(F)c1. The zero-order chi connectivity index (χ0) is 18.7. The number of anilines is 2. The van der Waals surface area contributed by atoms with E-state index in [2.05, 4.69) is 15.3 Å². The molecule has 5 nitrogen and oxygen atoms in total. The molecule has 26 heavy (non-hydrogen) atoms. The van der Waals surface area contributed by atoms with Crippen LogP contribution in [0.3, 0.4) is 0 Å². The number of carbonyl (C=O) groups is 1. The maximum atomic E-state index is 13.5. The Labute approximate surface area is 149 Å². The Kier molecular flexibility index (Phi) is 5.06. The van der Waals surface area contributed by atoms with Crippen LogP contribution in [0.5, 0.6) is 0 Å². The molecule has 0 aliphatic heterocycles. The predicted molar refractivity (Wildman–Crippen MR) is 94.3 cm³/mol. The van der Waals surface area contributed by atoms with E-state index in [-0.39, 0.29) is 29.7 Å². The van der Waals surface area contributed by atoms with Crippen molar-refractivity contribution in [1.82, 2.24) is 9.97 Å². The Morgan fingerprint density at radius 3 is 2.42 bits per heavy atom. The lowest BCUT2D eigenvalue weighted by molar-refractivity contribution is 0.0453. The molecule has 3 aromatic rings. The molecule has 1 heterocycles. The van der Waals surface area contributed by atoms with Crippen LogP contribution in [0.25, 0.3) is 11.0 Å². The lowest BCUT2D eigenvalue weighted by Crippen LogP contribution is -2.15. The van der Waals surface area contributed by atoms with Gasteiger partial charge < -0.3 is 10.1 Å². The summed E-state index contributed by atoms with van der Waals surface area (Å²) in [5.74, 6) is -2.33. The van der Waals surface area contributed by atoms with Gasteiger partial charge in [-0.3, -0.25) is 0 Å². The van der Waals surface area contributed by atoms with Gasteiger partial charge in [-0.05, 0) is 30.2 Å². The number of nitrogens with one attached hydrogen (secondary N) is 1. The van der Waals surface area contributed by atoms with Gasteiger partial charge in [0.05, 0.1) is 17.6 Å². The van der Waals surface area contributed by atoms with Gasteiger partial charge in [-0.15, -0.1) is 0 Å². The maximum absolute atomic E-state index is 13.5. The van der Waals surface area contributed by atoms with Gasteiger partial charge in [-0.25, -0.2) is 23.5 Å². The van der Waals surface area contributed by atoms with Crippen LogP contribution < -0.4 is 5.32 Å². The van der Waals surface area contributed by atoms with Crippen molar-refractivity contribution in [3.63, 3.8) is 0 Å². The molecule has 3 rings (SSSR count). The average Bonchev–Trinajstić information content (AvgIpc) is 2.62. The topological polar surface area (TPSA) is 64.1 Å². The Balaban J connectivity index is 2.01. The summed E-state index contributed by atoms with van der Waals surface area (Å²) in [5, 5.41) is 2.82. The summed E-state index contributed by atoms with van der Waals surface area (Å²) < 4.78 is 31.8. The number of fused-ring (bicyclic) bond motifs is 1. The number of hydrogen-bond donors (Lipinski definition) is 1. The smallest absolute Gasteiger partial charge is 0.360 e. The highest BCUT2D eigenvalue weighted by molar-refractivity contribution is 5.96. The van der Waals surface area contributed by atoms with Gasteiger partial charge in [0, 0.05) is 11.8 Å². The first-order valence-corrected chi connectivity index (χ1v) is 8.10. The molecular weight excluding hydrogens is 340 g/mol. The Hall–Kier alpha value is -3.09. The molecule has 0 atom stereocenters. The molecule has 0 fully saturated rings. The zero-order valence-electron chi connectivity index (χ0n) is 14.3. The summed E-state index contributed by atoms with van der Waals surface area (Å²) in [6.45, 7) is 4.07. The summed E-state index contributed by atoms with van der Waals surface area (Å²) in [6.07, 6.45) is 0. The third-order valence-corrected chi connectivity index (χ3v) is 3.49. The van der Waals surface area contributed by atoms with Crippen molar-refractivity contribution >= 4 is 28.5 Å². The van der Waals surface area contributed by atoms with Gasteiger partial charge in [-0.1, -0.05) is 26.0 Å². The van der Waals surface area contributed by atoms with E-state index < -0.39 is 17.6 Å². The van der Waals surface area contributed by atoms with Crippen LogP contribution in [0.15, 0.2) is 42.5 Å². The first-order valence-electron chi connectivity index (χ1n) is 8.10. The van der Waals surface area contributed by atoms with Gasteiger partial charge in [0.25, 0.3) is 0 Å². The van der Waals surface area contributed by atoms with Crippen molar-refractivity contribution in [3.8, 4) is 0 Å². The summed E-state index contributed by atoms with van der Waals surface area (Å²) in [4.78, 5) is 21.1. The summed E-state index contributed by atoms with van der Waals surface area (Å²) in [7, 11) is 0. The first-order chi connectivity index (χ1) is 12.4. The quantitative estimate of drug-likeness (QED) is 0.683. The van der Waals surface area contributed by atoms with Crippen LogP contribution in [0.1, 0.15) is 24.3 Å². The number of nitrogens with zero attached hydrogens (tertiary/aromatic N) is 2. The van der Waals surface area contributed by atoms with Crippen LogP contribution >= 0.6 is 0 Å². The summed E-state index contributed by atoms with van der Waals surface area (Å²) in [5.41, 5.74) is 1.30. The minimum absolute atomic E-state index is 0.0194. The molecule has 1 N–H and O–H groups in total. The fourth-order valence-electron chi connectivity index (χ4n) is 2.25. The highest BCUT2D eigenvalue weighted by atomic mass is 19.2. The van der Waals surface area contributed by atoms with E-state index >= 15 is 0 Å². The van der Waals surface area contributed by atoms with Gasteiger partial charge >= 0.3 is 5.97 Å². The van der Waals surface area contributed by atoms with Crippen molar-refractivity contribution < 1.29 is 18.3 Å². The number of halogens is 2.